The number of para-hydroxylation sites is 1. The summed E-state index contributed by atoms with van der Waals surface area (Å²) in [6, 6.07) is 9.32. The molecule has 1 aromatic rings. The van der Waals surface area contributed by atoms with Crippen LogP contribution >= 0.6 is 12.0 Å². The average molecular weight is 411 g/mol. The molecule has 6 heteroatoms. The van der Waals surface area contributed by atoms with E-state index >= 15 is 0 Å². The maximum absolute atomic E-state index is 12.7. The van der Waals surface area contributed by atoms with E-state index in [0.29, 0.717) is 18.1 Å². The van der Waals surface area contributed by atoms with Crippen molar-refractivity contribution in [2.45, 2.75) is 76.9 Å². The Balaban J connectivity index is 2.10. The van der Waals surface area contributed by atoms with Gasteiger partial charge in [-0.1, -0.05) is 52.8 Å². The standard InChI is InChI=1S/C21H34O4SSi/c1-15(2)13-16-14-18(22)20(19(16)24-27(6,7)21(3,4)5)26-25-23-17-11-9-8-10-12-17/h8-12,15-16,19-20H,13-14H2,1-7H3/t16-,19-,20?/m1/s1. The number of hydrogen-bond donors (Lipinski definition) is 0. The lowest BCUT2D eigenvalue weighted by Crippen LogP contribution is -2.47. The van der Waals surface area contributed by atoms with E-state index in [1.807, 2.05) is 30.3 Å². The van der Waals surface area contributed by atoms with Gasteiger partial charge >= 0.3 is 0 Å². The first kappa shape index (κ1) is 22.5. The van der Waals surface area contributed by atoms with E-state index in [1.54, 1.807) is 0 Å². The molecule has 1 aromatic carbocycles. The van der Waals surface area contributed by atoms with Gasteiger partial charge in [0.05, 0.1) is 18.1 Å². The van der Waals surface area contributed by atoms with Crippen LogP contribution in [0, 0.1) is 11.8 Å². The van der Waals surface area contributed by atoms with E-state index in [2.05, 4.69) is 47.7 Å². The van der Waals surface area contributed by atoms with Crippen LogP contribution in [0.15, 0.2) is 30.3 Å². The highest BCUT2D eigenvalue weighted by Gasteiger charge is 2.49. The Kier molecular flexibility index (Phi) is 7.59. The van der Waals surface area contributed by atoms with Crippen molar-refractivity contribution >= 4 is 26.1 Å². The maximum Gasteiger partial charge on any atom is 0.192 e. The lowest BCUT2D eigenvalue weighted by molar-refractivity contribution is -0.118. The molecule has 3 atom stereocenters. The smallest absolute Gasteiger partial charge is 0.192 e. The number of carbonyl (C=O) groups is 1. The molecule has 0 saturated heterocycles. The zero-order valence-corrected chi connectivity index (χ0v) is 19.5. The van der Waals surface area contributed by atoms with Crippen molar-refractivity contribution in [3.8, 4) is 5.75 Å². The van der Waals surface area contributed by atoms with Crippen LogP contribution in [0.2, 0.25) is 18.1 Å². The Morgan fingerprint density at radius 2 is 1.81 bits per heavy atom. The Bertz CT molecular complexity index is 612. The molecular weight excluding hydrogens is 376 g/mol. The first-order valence-corrected chi connectivity index (χ1v) is 13.5. The first-order valence-electron chi connectivity index (χ1n) is 9.77. The molecule has 0 amide bonds. The molecular formula is C21H34O4SSi. The normalized spacial score (nSPS) is 23.9. The SMILES string of the molecule is CC(C)C[C@@H]1CC(=O)C(SOOc2ccccc2)[C@@H]1O[Si](C)(C)C(C)(C)C. The van der Waals surface area contributed by atoms with Crippen molar-refractivity contribution in [2.24, 2.45) is 11.8 Å². The molecule has 0 heterocycles. The summed E-state index contributed by atoms with van der Waals surface area (Å²) in [5, 5.41) is -0.246. The third-order valence-corrected chi connectivity index (χ3v) is 10.9. The van der Waals surface area contributed by atoms with Crippen LogP contribution in [-0.2, 0) is 13.6 Å². The summed E-state index contributed by atoms with van der Waals surface area (Å²) in [6.07, 6.45) is 1.43. The van der Waals surface area contributed by atoms with E-state index in [0.717, 1.165) is 18.5 Å². The van der Waals surface area contributed by atoms with Crippen LogP contribution in [0.1, 0.15) is 47.5 Å². The van der Waals surface area contributed by atoms with Crippen LogP contribution in [0.25, 0.3) is 0 Å². The van der Waals surface area contributed by atoms with Crippen LogP contribution in [0.4, 0.5) is 0 Å². The van der Waals surface area contributed by atoms with Crippen molar-refractivity contribution in [3.63, 3.8) is 0 Å². The van der Waals surface area contributed by atoms with Crippen molar-refractivity contribution in [3.05, 3.63) is 30.3 Å². The zero-order chi connectivity index (χ0) is 20.2. The number of hydrogen-bond acceptors (Lipinski definition) is 5. The van der Waals surface area contributed by atoms with Gasteiger partial charge in [0.2, 0.25) is 0 Å². The monoisotopic (exact) mass is 410 g/mol. The zero-order valence-electron chi connectivity index (χ0n) is 17.7. The average Bonchev–Trinajstić information content (AvgIpc) is 2.82. The molecule has 27 heavy (non-hydrogen) atoms. The Labute approximate surface area is 169 Å². The van der Waals surface area contributed by atoms with Gasteiger partial charge in [-0.2, -0.15) is 0 Å². The van der Waals surface area contributed by atoms with Crippen molar-refractivity contribution < 1.29 is 18.4 Å². The molecule has 1 fully saturated rings. The Hall–Kier alpha value is -0.823. The quantitative estimate of drug-likeness (QED) is 0.226. The second-order valence-electron chi connectivity index (χ2n) is 9.38. The highest BCUT2D eigenvalue weighted by atomic mass is 32.2. The highest BCUT2D eigenvalue weighted by molar-refractivity contribution is 7.96. The third-order valence-electron chi connectivity index (χ3n) is 5.57. The summed E-state index contributed by atoms with van der Waals surface area (Å²) in [5.74, 6) is 1.59. The number of Topliss-reactive ketones (excluding diaryl/α,β-unsaturated/α-hetero) is 1. The van der Waals surface area contributed by atoms with Gasteiger partial charge < -0.3 is 9.31 Å². The summed E-state index contributed by atoms with van der Waals surface area (Å²) in [6.45, 7) is 15.6. The minimum Gasteiger partial charge on any atom is -0.412 e. The van der Waals surface area contributed by atoms with E-state index in [-0.39, 0.29) is 28.1 Å². The van der Waals surface area contributed by atoms with Gasteiger partial charge in [-0.3, -0.25) is 4.79 Å². The fraction of sp³-hybridized carbons (Fsp3) is 0.667. The van der Waals surface area contributed by atoms with Crippen molar-refractivity contribution in [1.82, 2.24) is 0 Å². The minimum absolute atomic E-state index is 0.0949. The number of benzene rings is 1. The fourth-order valence-electron chi connectivity index (χ4n) is 3.10. The topological polar surface area (TPSA) is 44.8 Å². The van der Waals surface area contributed by atoms with Crippen molar-refractivity contribution in [2.75, 3.05) is 0 Å². The largest absolute Gasteiger partial charge is 0.412 e. The minimum atomic E-state index is -2.00. The van der Waals surface area contributed by atoms with E-state index in [1.165, 1.54) is 0 Å². The van der Waals surface area contributed by atoms with E-state index < -0.39 is 8.32 Å². The summed E-state index contributed by atoms with van der Waals surface area (Å²) < 4.78 is 12.1. The summed E-state index contributed by atoms with van der Waals surface area (Å²) in [5.41, 5.74) is 0. The highest BCUT2D eigenvalue weighted by Crippen LogP contribution is 2.44. The lowest BCUT2D eigenvalue weighted by atomic mass is 9.94. The molecule has 0 spiro atoms. The predicted molar refractivity (Wildman–Crippen MR) is 114 cm³/mol. The Morgan fingerprint density at radius 1 is 1.19 bits per heavy atom. The molecule has 152 valence electrons. The lowest BCUT2D eigenvalue weighted by Gasteiger charge is -2.41. The molecule has 0 aliphatic heterocycles. The number of ketones is 1. The van der Waals surface area contributed by atoms with E-state index in [9.17, 15) is 4.79 Å². The third kappa shape index (κ3) is 6.08. The Morgan fingerprint density at radius 3 is 2.37 bits per heavy atom. The van der Waals surface area contributed by atoms with Crippen LogP contribution in [0.5, 0.6) is 5.75 Å². The second kappa shape index (κ2) is 9.12. The fourth-order valence-corrected chi connectivity index (χ4v) is 5.36. The van der Waals surface area contributed by atoms with Crippen LogP contribution < -0.4 is 4.89 Å². The summed E-state index contributed by atoms with van der Waals surface area (Å²) in [7, 11) is -2.00. The van der Waals surface area contributed by atoms with Crippen LogP contribution in [-0.4, -0.2) is 25.5 Å². The predicted octanol–water partition coefficient (Wildman–Crippen LogP) is 6.04. The van der Waals surface area contributed by atoms with Gasteiger partial charge in [0.25, 0.3) is 0 Å². The molecule has 4 nitrogen and oxygen atoms in total. The van der Waals surface area contributed by atoms with Gasteiger partial charge in [0, 0.05) is 6.42 Å². The van der Waals surface area contributed by atoms with E-state index in [4.69, 9.17) is 13.6 Å². The number of carbonyl (C=O) groups excluding carboxylic acids is 1. The van der Waals surface area contributed by atoms with Gasteiger partial charge in [0.15, 0.2) is 19.9 Å². The molecule has 0 radical (unpaired) electrons. The summed E-state index contributed by atoms with van der Waals surface area (Å²) in [4.78, 5) is 18.1. The van der Waals surface area contributed by atoms with Crippen molar-refractivity contribution in [1.29, 1.82) is 0 Å². The first-order chi connectivity index (χ1) is 12.5. The summed E-state index contributed by atoms with van der Waals surface area (Å²) >= 11 is 1.10. The second-order valence-corrected chi connectivity index (χ2v) is 15.0. The maximum atomic E-state index is 12.7. The van der Waals surface area contributed by atoms with Gasteiger partial charge in [-0.05, 0) is 48.5 Å². The van der Waals surface area contributed by atoms with Crippen LogP contribution in [0.3, 0.4) is 0 Å². The number of rotatable bonds is 8. The van der Waals surface area contributed by atoms with Gasteiger partial charge in [-0.15, -0.1) is 4.33 Å². The molecule has 0 aromatic heterocycles. The molecule has 1 aliphatic rings. The van der Waals surface area contributed by atoms with Gasteiger partial charge in [-0.25, -0.2) is 0 Å². The molecule has 1 unspecified atom stereocenters. The van der Waals surface area contributed by atoms with Gasteiger partial charge in [0.1, 0.15) is 5.25 Å². The molecule has 2 rings (SSSR count). The molecule has 1 saturated carbocycles. The molecule has 0 bridgehead atoms. The molecule has 0 N–H and O–H groups in total. The molecule has 1 aliphatic carbocycles.